The van der Waals surface area contributed by atoms with Crippen molar-refractivity contribution in [3.05, 3.63) is 18.1 Å². The molecule has 0 saturated carbocycles. The molecule has 90 valence electrons. The van der Waals surface area contributed by atoms with E-state index in [2.05, 4.69) is 29.1 Å². The van der Waals surface area contributed by atoms with Gasteiger partial charge in [0.2, 0.25) is 0 Å². The Morgan fingerprint density at radius 1 is 1.31 bits per heavy atom. The van der Waals surface area contributed by atoms with Crippen LogP contribution in [0.3, 0.4) is 0 Å². The van der Waals surface area contributed by atoms with E-state index in [0.29, 0.717) is 5.92 Å². The number of aryl methyl sites for hydroxylation is 1. The SMILES string of the molecule is CCC(CC)C(Cl)CNc1cc(C)ncn1. The van der Waals surface area contributed by atoms with E-state index in [4.69, 9.17) is 11.6 Å². The van der Waals surface area contributed by atoms with Crippen LogP contribution in [0.1, 0.15) is 32.4 Å². The van der Waals surface area contributed by atoms with Gasteiger partial charge >= 0.3 is 0 Å². The summed E-state index contributed by atoms with van der Waals surface area (Å²) in [5, 5.41) is 3.41. The Bertz CT molecular complexity index is 313. The molecule has 0 spiro atoms. The molecule has 1 aromatic heterocycles. The summed E-state index contributed by atoms with van der Waals surface area (Å²) >= 11 is 6.33. The van der Waals surface area contributed by atoms with Crippen molar-refractivity contribution in [2.75, 3.05) is 11.9 Å². The maximum atomic E-state index is 6.33. The lowest BCUT2D eigenvalue weighted by molar-refractivity contribution is 0.475. The topological polar surface area (TPSA) is 37.8 Å². The Labute approximate surface area is 103 Å². The summed E-state index contributed by atoms with van der Waals surface area (Å²) in [7, 11) is 0. The third kappa shape index (κ3) is 3.97. The molecule has 1 aromatic rings. The van der Waals surface area contributed by atoms with Crippen LogP contribution in [0, 0.1) is 12.8 Å². The van der Waals surface area contributed by atoms with Crippen molar-refractivity contribution in [2.24, 2.45) is 5.92 Å². The quantitative estimate of drug-likeness (QED) is 0.777. The van der Waals surface area contributed by atoms with Gasteiger partial charge in [-0.3, -0.25) is 0 Å². The van der Waals surface area contributed by atoms with Gasteiger partial charge in [-0.25, -0.2) is 9.97 Å². The largest absolute Gasteiger partial charge is 0.368 e. The van der Waals surface area contributed by atoms with E-state index in [9.17, 15) is 0 Å². The average Bonchev–Trinajstić information content (AvgIpc) is 2.28. The smallest absolute Gasteiger partial charge is 0.129 e. The van der Waals surface area contributed by atoms with Gasteiger partial charge in [0, 0.05) is 18.3 Å². The molecule has 0 fully saturated rings. The molecular weight excluding hydrogens is 222 g/mol. The number of hydrogen-bond acceptors (Lipinski definition) is 3. The van der Waals surface area contributed by atoms with E-state index in [-0.39, 0.29) is 5.38 Å². The predicted molar refractivity (Wildman–Crippen MR) is 69.0 cm³/mol. The predicted octanol–water partition coefficient (Wildman–Crippen LogP) is 3.24. The fourth-order valence-corrected chi connectivity index (χ4v) is 2.15. The molecule has 1 heterocycles. The molecule has 4 heteroatoms. The van der Waals surface area contributed by atoms with Crippen LogP contribution in [-0.2, 0) is 0 Å². The minimum Gasteiger partial charge on any atom is -0.368 e. The van der Waals surface area contributed by atoms with Gasteiger partial charge in [0.25, 0.3) is 0 Å². The first-order valence-electron chi connectivity index (χ1n) is 5.84. The molecule has 16 heavy (non-hydrogen) atoms. The maximum Gasteiger partial charge on any atom is 0.129 e. The molecule has 0 amide bonds. The van der Waals surface area contributed by atoms with E-state index in [1.54, 1.807) is 6.33 Å². The Balaban J connectivity index is 2.45. The molecule has 1 unspecified atom stereocenters. The zero-order valence-electron chi connectivity index (χ0n) is 10.2. The summed E-state index contributed by atoms with van der Waals surface area (Å²) in [6.45, 7) is 7.06. The zero-order chi connectivity index (χ0) is 12.0. The molecule has 0 aliphatic rings. The first-order valence-corrected chi connectivity index (χ1v) is 6.27. The minimum absolute atomic E-state index is 0.158. The van der Waals surface area contributed by atoms with Crippen LogP contribution < -0.4 is 5.32 Å². The molecule has 0 saturated heterocycles. The number of hydrogen-bond donors (Lipinski definition) is 1. The van der Waals surface area contributed by atoms with Crippen LogP contribution in [0.15, 0.2) is 12.4 Å². The number of nitrogens with one attached hydrogen (secondary N) is 1. The maximum absolute atomic E-state index is 6.33. The van der Waals surface area contributed by atoms with Gasteiger partial charge in [0.1, 0.15) is 12.1 Å². The number of alkyl halides is 1. The van der Waals surface area contributed by atoms with Gasteiger partial charge < -0.3 is 5.32 Å². The van der Waals surface area contributed by atoms with Gasteiger partial charge in [-0.05, 0) is 12.8 Å². The Morgan fingerprint density at radius 2 is 2.00 bits per heavy atom. The highest BCUT2D eigenvalue weighted by atomic mass is 35.5. The molecule has 1 N–H and O–H groups in total. The van der Waals surface area contributed by atoms with Crippen LogP contribution in [0.2, 0.25) is 0 Å². The Hall–Kier alpha value is -0.830. The van der Waals surface area contributed by atoms with Crippen molar-refractivity contribution in [1.82, 2.24) is 9.97 Å². The number of anilines is 1. The first-order chi connectivity index (χ1) is 7.67. The molecule has 0 aliphatic heterocycles. The van der Waals surface area contributed by atoms with Gasteiger partial charge in [-0.2, -0.15) is 0 Å². The highest BCUT2D eigenvalue weighted by Crippen LogP contribution is 2.18. The second kappa shape index (κ2) is 6.69. The third-order valence-corrected chi connectivity index (χ3v) is 3.35. The zero-order valence-corrected chi connectivity index (χ0v) is 11.0. The Kier molecular flexibility index (Phi) is 5.53. The second-order valence-corrected chi connectivity index (χ2v) is 4.58. The highest BCUT2D eigenvalue weighted by molar-refractivity contribution is 6.21. The number of aromatic nitrogens is 2. The fraction of sp³-hybridized carbons (Fsp3) is 0.667. The Morgan fingerprint density at radius 3 is 2.56 bits per heavy atom. The van der Waals surface area contributed by atoms with Crippen molar-refractivity contribution in [1.29, 1.82) is 0 Å². The molecule has 3 nitrogen and oxygen atoms in total. The average molecular weight is 242 g/mol. The van der Waals surface area contributed by atoms with Crippen molar-refractivity contribution < 1.29 is 0 Å². The summed E-state index contributed by atoms with van der Waals surface area (Å²) in [4.78, 5) is 8.19. The van der Waals surface area contributed by atoms with E-state index < -0.39 is 0 Å². The van der Waals surface area contributed by atoms with Crippen molar-refractivity contribution in [3.63, 3.8) is 0 Å². The van der Waals surface area contributed by atoms with Crippen LogP contribution >= 0.6 is 11.6 Å². The lowest BCUT2D eigenvalue weighted by atomic mass is 9.99. The van der Waals surface area contributed by atoms with Crippen LogP contribution in [0.5, 0.6) is 0 Å². The number of nitrogens with zero attached hydrogens (tertiary/aromatic N) is 2. The monoisotopic (exact) mass is 241 g/mol. The summed E-state index contributed by atoms with van der Waals surface area (Å²) in [6.07, 6.45) is 3.81. The summed E-state index contributed by atoms with van der Waals surface area (Å²) in [6, 6.07) is 1.93. The van der Waals surface area contributed by atoms with Crippen LogP contribution in [0.4, 0.5) is 5.82 Å². The number of rotatable bonds is 6. The first kappa shape index (κ1) is 13.2. The van der Waals surface area contributed by atoms with E-state index in [1.807, 2.05) is 13.0 Å². The molecule has 0 bridgehead atoms. The van der Waals surface area contributed by atoms with E-state index in [0.717, 1.165) is 30.9 Å². The van der Waals surface area contributed by atoms with Crippen LogP contribution in [0.25, 0.3) is 0 Å². The number of halogens is 1. The van der Waals surface area contributed by atoms with Crippen molar-refractivity contribution in [2.45, 2.75) is 39.0 Å². The molecule has 0 aliphatic carbocycles. The van der Waals surface area contributed by atoms with Gasteiger partial charge in [0.05, 0.1) is 5.38 Å². The molecular formula is C12H20ClN3. The normalized spacial score (nSPS) is 12.8. The van der Waals surface area contributed by atoms with E-state index >= 15 is 0 Å². The molecule has 0 aromatic carbocycles. The third-order valence-electron chi connectivity index (χ3n) is 2.84. The fourth-order valence-electron chi connectivity index (χ4n) is 1.72. The highest BCUT2D eigenvalue weighted by Gasteiger charge is 2.15. The summed E-state index contributed by atoms with van der Waals surface area (Å²) < 4.78 is 0. The standard InChI is InChI=1S/C12H20ClN3/c1-4-10(5-2)11(13)7-14-12-6-9(3)15-8-16-12/h6,8,10-11H,4-5,7H2,1-3H3,(H,14,15,16). The summed E-state index contributed by atoms with van der Waals surface area (Å²) in [5.41, 5.74) is 0.964. The van der Waals surface area contributed by atoms with Crippen molar-refractivity contribution in [3.8, 4) is 0 Å². The van der Waals surface area contributed by atoms with Gasteiger partial charge in [0.15, 0.2) is 0 Å². The summed E-state index contributed by atoms with van der Waals surface area (Å²) in [5.74, 6) is 1.42. The second-order valence-electron chi connectivity index (χ2n) is 4.02. The van der Waals surface area contributed by atoms with Crippen molar-refractivity contribution >= 4 is 17.4 Å². The molecule has 1 atom stereocenters. The van der Waals surface area contributed by atoms with Gasteiger partial charge in [-0.15, -0.1) is 11.6 Å². The molecule has 0 radical (unpaired) electrons. The lowest BCUT2D eigenvalue weighted by Crippen LogP contribution is -2.23. The van der Waals surface area contributed by atoms with E-state index in [1.165, 1.54) is 0 Å². The molecule has 1 rings (SSSR count). The lowest BCUT2D eigenvalue weighted by Gasteiger charge is -2.19. The van der Waals surface area contributed by atoms with Gasteiger partial charge in [-0.1, -0.05) is 26.7 Å². The minimum atomic E-state index is 0.158. The van der Waals surface area contributed by atoms with Crippen LogP contribution in [-0.4, -0.2) is 21.9 Å².